The quantitative estimate of drug-likeness (QED) is 0.550. The molecule has 2 heterocycles. The van der Waals surface area contributed by atoms with Gasteiger partial charge in [0.25, 0.3) is 5.91 Å². The highest BCUT2D eigenvalue weighted by Crippen LogP contribution is 2.25. The van der Waals surface area contributed by atoms with Gasteiger partial charge >= 0.3 is 0 Å². The fourth-order valence-corrected chi connectivity index (χ4v) is 4.11. The van der Waals surface area contributed by atoms with E-state index in [4.69, 9.17) is 0 Å². The molecule has 0 spiro atoms. The normalized spacial score (nSPS) is 16.5. The zero-order valence-electron chi connectivity index (χ0n) is 22.3. The highest BCUT2D eigenvalue weighted by Gasteiger charge is 2.39. The Kier molecular flexibility index (Phi) is 9.18. The maximum atomic E-state index is 14.4. The molecule has 2 atom stereocenters. The minimum atomic E-state index is -0.772. The number of nitrogens with zero attached hydrogens (tertiary/aromatic N) is 5. The predicted molar refractivity (Wildman–Crippen MR) is 142 cm³/mol. The van der Waals surface area contributed by atoms with Crippen molar-refractivity contribution < 1.29 is 18.8 Å². The number of aromatic nitrogens is 2. The fourth-order valence-electron chi connectivity index (χ4n) is 4.11. The highest BCUT2D eigenvalue weighted by molar-refractivity contribution is 6.00. The summed E-state index contributed by atoms with van der Waals surface area (Å²) in [5.74, 6) is -1.61. The summed E-state index contributed by atoms with van der Waals surface area (Å²) in [6, 6.07) is 12.8. The smallest absolute Gasteiger partial charge is 0.254 e. The van der Waals surface area contributed by atoms with Gasteiger partial charge in [-0.15, -0.1) is 0 Å². The number of benzene rings is 2. The second kappa shape index (κ2) is 12.3. The molecule has 1 aromatic heterocycles. The van der Waals surface area contributed by atoms with E-state index in [-0.39, 0.29) is 36.5 Å². The summed E-state index contributed by atoms with van der Waals surface area (Å²) < 4.78 is 15.8. The third-order valence-electron chi connectivity index (χ3n) is 5.83. The number of carbonyl (C=O) groups excluding carboxylic acids is 3. The highest BCUT2D eigenvalue weighted by atomic mass is 19.1. The minimum absolute atomic E-state index is 0.0774. The molecule has 4 rings (SSSR count). The first-order chi connectivity index (χ1) is 18.0. The number of halogens is 1. The molecule has 0 bridgehead atoms. The van der Waals surface area contributed by atoms with Crippen molar-refractivity contribution in [3.8, 4) is 6.07 Å². The molecule has 3 amide bonds. The number of hydrogen-bond acceptors (Lipinski definition) is 5. The molecule has 1 saturated heterocycles. The van der Waals surface area contributed by atoms with Gasteiger partial charge in [-0.25, -0.2) is 4.39 Å². The van der Waals surface area contributed by atoms with Gasteiger partial charge in [-0.2, -0.15) is 10.4 Å². The van der Waals surface area contributed by atoms with Crippen molar-refractivity contribution in [2.45, 2.75) is 33.2 Å². The number of likely N-dealkylation sites (N-methyl/N-ethyl adjacent to an activating group) is 1. The summed E-state index contributed by atoms with van der Waals surface area (Å²) in [6.07, 6.45) is 1.81. The Bertz CT molecular complexity index is 1350. The van der Waals surface area contributed by atoms with Crippen LogP contribution in [0.15, 0.2) is 48.7 Å². The van der Waals surface area contributed by atoms with Gasteiger partial charge in [0.1, 0.15) is 11.6 Å². The Morgan fingerprint density at radius 2 is 1.87 bits per heavy atom. The number of nitrogens with one attached hydrogen (secondary N) is 1. The first-order valence-corrected chi connectivity index (χ1v) is 12.4. The molecule has 2 aromatic carbocycles. The Hall–Kier alpha value is -4.26. The lowest BCUT2D eigenvalue weighted by atomic mass is 10.1. The van der Waals surface area contributed by atoms with Crippen LogP contribution in [-0.2, 0) is 16.6 Å². The van der Waals surface area contributed by atoms with Gasteiger partial charge in [-0.3, -0.25) is 19.1 Å². The van der Waals surface area contributed by atoms with E-state index in [1.807, 2.05) is 6.07 Å². The molecule has 9 nitrogen and oxygen atoms in total. The van der Waals surface area contributed by atoms with E-state index >= 15 is 0 Å². The number of likely N-dealkylation sites (tertiary alicyclic amines) is 1. The predicted octanol–water partition coefficient (Wildman–Crippen LogP) is 3.83. The summed E-state index contributed by atoms with van der Waals surface area (Å²) in [5, 5.41) is 16.8. The summed E-state index contributed by atoms with van der Waals surface area (Å²) in [7, 11) is 3.09. The lowest BCUT2D eigenvalue weighted by Gasteiger charge is -2.24. The number of fused-ring (bicyclic) bond motifs is 1. The monoisotopic (exact) mass is 520 g/mol. The van der Waals surface area contributed by atoms with Crippen LogP contribution in [0.2, 0.25) is 0 Å². The van der Waals surface area contributed by atoms with E-state index in [9.17, 15) is 24.0 Å². The van der Waals surface area contributed by atoms with Crippen molar-refractivity contribution >= 4 is 34.3 Å². The van der Waals surface area contributed by atoms with E-state index in [1.54, 1.807) is 37.5 Å². The van der Waals surface area contributed by atoms with Crippen LogP contribution in [0.3, 0.4) is 0 Å². The van der Waals surface area contributed by atoms with Crippen LogP contribution < -0.4 is 5.32 Å². The Morgan fingerprint density at radius 1 is 1.21 bits per heavy atom. The Balaban J connectivity index is 0.000000934. The van der Waals surface area contributed by atoms with Crippen molar-refractivity contribution in [2.24, 2.45) is 18.9 Å². The average Bonchev–Trinajstić information content (AvgIpc) is 3.47. The number of hydrogen-bond donors (Lipinski definition) is 1. The van der Waals surface area contributed by atoms with Crippen molar-refractivity contribution in [3.05, 3.63) is 60.0 Å². The number of carbonyl (C=O) groups is 3. The molecule has 1 N–H and O–H groups in total. The summed E-state index contributed by atoms with van der Waals surface area (Å²) >= 11 is 0. The number of amides is 3. The van der Waals surface area contributed by atoms with Crippen LogP contribution in [0.4, 0.5) is 10.1 Å². The van der Waals surface area contributed by atoms with Crippen molar-refractivity contribution in [1.29, 1.82) is 5.26 Å². The molecule has 38 heavy (non-hydrogen) atoms. The van der Waals surface area contributed by atoms with E-state index in [0.29, 0.717) is 11.1 Å². The standard InChI is InChI=1S/C24H23FN6O3.C4H10/c1-29(24(34)15-8-16-12-30(2)28-22(16)20(25)10-15)14-21(32)31-13-17(9-19(31)11-26)23(33)27-18-6-4-3-5-7-18;1-4(2)3/h3-8,10,12,17,19H,9,13-14H2,1-2H3,(H,27,33);4H,1-3H3. The third-order valence-corrected chi connectivity index (χ3v) is 5.83. The van der Waals surface area contributed by atoms with Crippen LogP contribution in [0.5, 0.6) is 0 Å². The van der Waals surface area contributed by atoms with Crippen LogP contribution in [0.25, 0.3) is 10.9 Å². The SMILES string of the molecule is CC(C)C.CN(CC(=O)N1CC(C(=O)Nc2ccccc2)CC1C#N)C(=O)c1cc(F)c2nn(C)cc2c1. The van der Waals surface area contributed by atoms with Gasteiger partial charge in [0, 0.05) is 43.5 Å². The molecule has 1 aliphatic heterocycles. The van der Waals surface area contributed by atoms with Crippen LogP contribution in [-0.4, -0.2) is 63.5 Å². The lowest BCUT2D eigenvalue weighted by molar-refractivity contribution is -0.131. The third kappa shape index (κ3) is 6.94. The van der Waals surface area contributed by atoms with Gasteiger partial charge in [0.15, 0.2) is 5.82 Å². The van der Waals surface area contributed by atoms with Gasteiger partial charge in [-0.1, -0.05) is 39.0 Å². The van der Waals surface area contributed by atoms with Gasteiger partial charge in [-0.05, 0) is 36.6 Å². The largest absolute Gasteiger partial charge is 0.332 e. The zero-order chi connectivity index (χ0) is 28.0. The number of nitriles is 1. The second-order valence-electron chi connectivity index (χ2n) is 10.1. The molecule has 2 unspecified atom stereocenters. The molecule has 0 aliphatic carbocycles. The lowest BCUT2D eigenvalue weighted by Crippen LogP contribution is -2.43. The van der Waals surface area contributed by atoms with Crippen molar-refractivity contribution in [3.63, 3.8) is 0 Å². The van der Waals surface area contributed by atoms with Gasteiger partial charge in [0.05, 0.1) is 18.5 Å². The van der Waals surface area contributed by atoms with E-state index in [1.165, 1.54) is 27.6 Å². The zero-order valence-corrected chi connectivity index (χ0v) is 22.3. The van der Waals surface area contributed by atoms with Crippen LogP contribution in [0, 0.1) is 29.0 Å². The second-order valence-corrected chi connectivity index (χ2v) is 10.1. The van der Waals surface area contributed by atoms with Gasteiger partial charge < -0.3 is 15.1 Å². The van der Waals surface area contributed by atoms with Gasteiger partial charge in [0.2, 0.25) is 11.8 Å². The van der Waals surface area contributed by atoms with Crippen molar-refractivity contribution in [1.82, 2.24) is 19.6 Å². The first kappa shape index (κ1) is 28.3. The Labute approximate surface area is 221 Å². The molecule has 200 valence electrons. The summed E-state index contributed by atoms with van der Waals surface area (Å²) in [6.45, 7) is 6.27. The summed E-state index contributed by atoms with van der Waals surface area (Å²) in [4.78, 5) is 40.9. The van der Waals surface area contributed by atoms with Crippen LogP contribution in [0.1, 0.15) is 37.6 Å². The minimum Gasteiger partial charge on any atom is -0.332 e. The average molecular weight is 521 g/mol. The maximum absolute atomic E-state index is 14.4. The maximum Gasteiger partial charge on any atom is 0.254 e. The Morgan fingerprint density at radius 3 is 2.50 bits per heavy atom. The number of anilines is 1. The molecular weight excluding hydrogens is 487 g/mol. The van der Waals surface area contributed by atoms with Crippen LogP contribution >= 0.6 is 0 Å². The molecule has 1 fully saturated rings. The molecule has 1 aliphatic rings. The molecular formula is C28H33FN6O3. The van der Waals surface area contributed by atoms with E-state index in [0.717, 1.165) is 12.0 Å². The molecule has 10 heteroatoms. The fraction of sp³-hybridized carbons (Fsp3) is 0.393. The topological polar surface area (TPSA) is 111 Å². The van der Waals surface area contributed by atoms with Crippen molar-refractivity contribution in [2.75, 3.05) is 25.5 Å². The first-order valence-electron chi connectivity index (χ1n) is 12.4. The summed E-state index contributed by atoms with van der Waals surface area (Å²) in [5.41, 5.74) is 0.882. The van der Waals surface area contributed by atoms with E-state index < -0.39 is 29.6 Å². The molecule has 3 aromatic rings. The van der Waals surface area contributed by atoms with E-state index in [2.05, 4.69) is 37.3 Å². The molecule has 0 saturated carbocycles. The number of para-hydroxylation sites is 1. The number of aryl methyl sites for hydroxylation is 1. The molecule has 0 radical (unpaired) electrons. The number of rotatable bonds is 5.